The van der Waals surface area contributed by atoms with Crippen LogP contribution in [0.2, 0.25) is 15.1 Å². The molecule has 190 valence electrons. The average molecular weight is 540 g/mol. The Bertz CT molecular complexity index is 1030. The number of halogens is 3. The second-order valence-electron chi connectivity index (χ2n) is 9.18. The smallest absolute Gasteiger partial charge is 0.261 e. The van der Waals surface area contributed by atoms with Gasteiger partial charge in [-0.25, -0.2) is 0 Å². The van der Waals surface area contributed by atoms with Gasteiger partial charge in [-0.3, -0.25) is 9.59 Å². The highest BCUT2D eigenvalue weighted by atomic mass is 35.5. The minimum atomic E-state index is -0.645. The quantitative estimate of drug-likeness (QED) is 0.377. The summed E-state index contributed by atoms with van der Waals surface area (Å²) in [6, 6.07) is 8.26. The van der Waals surface area contributed by atoms with Crippen LogP contribution in [0.5, 0.6) is 5.75 Å². The number of ether oxygens (including phenoxy) is 1. The Morgan fingerprint density at radius 1 is 1.06 bits per heavy atom. The van der Waals surface area contributed by atoms with E-state index in [0.717, 1.165) is 36.8 Å². The molecule has 1 saturated carbocycles. The number of benzene rings is 2. The number of nitrogens with zero attached hydrogens (tertiary/aromatic N) is 1. The molecule has 2 aromatic carbocycles. The highest BCUT2D eigenvalue weighted by molar-refractivity contribution is 6.35. The van der Waals surface area contributed by atoms with Crippen LogP contribution in [0.4, 0.5) is 0 Å². The Hall–Kier alpha value is -1.95. The van der Waals surface area contributed by atoms with Gasteiger partial charge >= 0.3 is 0 Å². The lowest BCUT2D eigenvalue weighted by atomic mass is 9.95. The minimum Gasteiger partial charge on any atom is -0.484 e. The van der Waals surface area contributed by atoms with E-state index in [1.54, 1.807) is 35.2 Å². The van der Waals surface area contributed by atoms with E-state index in [1.165, 1.54) is 6.42 Å². The molecule has 5 nitrogen and oxygen atoms in total. The molecule has 0 saturated heterocycles. The van der Waals surface area contributed by atoms with Gasteiger partial charge in [-0.05, 0) is 74.1 Å². The second-order valence-corrected chi connectivity index (χ2v) is 10.4. The lowest BCUT2D eigenvalue weighted by molar-refractivity contribution is -0.143. The maximum atomic E-state index is 13.5. The maximum absolute atomic E-state index is 13.5. The van der Waals surface area contributed by atoms with Crippen LogP contribution in [0.1, 0.15) is 62.1 Å². The first-order chi connectivity index (χ1) is 16.7. The molecule has 0 unspecified atom stereocenters. The lowest BCUT2D eigenvalue weighted by Gasteiger charge is -2.33. The standard InChI is InChI=1S/C27H33Cl3N2O3/c1-4-24(27(34)31-21-8-6-5-7-9-21)32(15-19-10-11-20(28)14-23(19)29)25(33)16-35-22-12-17(2)26(30)18(3)13-22/h10-14,21,24H,4-9,15-16H2,1-3H3,(H,31,34)/t24-/m0/s1. The predicted molar refractivity (Wildman–Crippen MR) is 143 cm³/mol. The van der Waals surface area contributed by atoms with Crippen molar-refractivity contribution < 1.29 is 14.3 Å². The van der Waals surface area contributed by atoms with E-state index in [0.29, 0.717) is 32.8 Å². The maximum Gasteiger partial charge on any atom is 0.261 e. The molecule has 0 heterocycles. The van der Waals surface area contributed by atoms with E-state index in [9.17, 15) is 9.59 Å². The third-order valence-electron chi connectivity index (χ3n) is 6.47. The Morgan fingerprint density at radius 2 is 1.71 bits per heavy atom. The van der Waals surface area contributed by atoms with Crippen LogP contribution < -0.4 is 10.1 Å². The topological polar surface area (TPSA) is 58.6 Å². The van der Waals surface area contributed by atoms with Gasteiger partial charge in [0.25, 0.3) is 5.91 Å². The van der Waals surface area contributed by atoms with Crippen molar-refractivity contribution in [1.29, 1.82) is 0 Å². The molecule has 0 bridgehead atoms. The molecule has 0 radical (unpaired) electrons. The number of carbonyl (C=O) groups excluding carboxylic acids is 2. The summed E-state index contributed by atoms with van der Waals surface area (Å²) in [6.45, 7) is 5.65. The third kappa shape index (κ3) is 7.52. The number of rotatable bonds is 9. The van der Waals surface area contributed by atoms with Crippen molar-refractivity contribution in [3.8, 4) is 5.75 Å². The van der Waals surface area contributed by atoms with Crippen molar-refractivity contribution in [3.05, 3.63) is 62.1 Å². The van der Waals surface area contributed by atoms with Crippen molar-refractivity contribution in [2.24, 2.45) is 0 Å². The summed E-state index contributed by atoms with van der Waals surface area (Å²) in [5.41, 5.74) is 2.46. The first-order valence-electron chi connectivity index (χ1n) is 12.1. The zero-order chi connectivity index (χ0) is 25.5. The number of amides is 2. The van der Waals surface area contributed by atoms with Gasteiger partial charge in [0.15, 0.2) is 6.61 Å². The molecule has 1 atom stereocenters. The number of hydrogen-bond acceptors (Lipinski definition) is 3. The third-order valence-corrected chi connectivity index (χ3v) is 7.65. The lowest BCUT2D eigenvalue weighted by Crippen LogP contribution is -2.52. The van der Waals surface area contributed by atoms with E-state index in [1.807, 2.05) is 20.8 Å². The fourth-order valence-electron chi connectivity index (χ4n) is 4.51. The van der Waals surface area contributed by atoms with Crippen LogP contribution in [0, 0.1) is 13.8 Å². The SMILES string of the molecule is CC[C@@H](C(=O)NC1CCCCC1)N(Cc1ccc(Cl)cc1Cl)C(=O)COc1cc(C)c(Cl)c(C)c1. The fraction of sp³-hybridized carbons (Fsp3) is 0.481. The zero-order valence-electron chi connectivity index (χ0n) is 20.5. The summed E-state index contributed by atoms with van der Waals surface area (Å²) in [6.07, 6.45) is 5.82. The molecule has 35 heavy (non-hydrogen) atoms. The highest BCUT2D eigenvalue weighted by Crippen LogP contribution is 2.27. The summed E-state index contributed by atoms with van der Waals surface area (Å²) >= 11 is 18.7. The van der Waals surface area contributed by atoms with Crippen molar-refractivity contribution in [1.82, 2.24) is 10.2 Å². The van der Waals surface area contributed by atoms with E-state index in [-0.39, 0.29) is 31.0 Å². The first kappa shape index (κ1) is 27.6. The summed E-state index contributed by atoms with van der Waals surface area (Å²) in [4.78, 5) is 28.3. The van der Waals surface area contributed by atoms with Crippen LogP contribution in [0.15, 0.2) is 30.3 Å². The molecule has 1 fully saturated rings. The van der Waals surface area contributed by atoms with Crippen LogP contribution in [0.25, 0.3) is 0 Å². The highest BCUT2D eigenvalue weighted by Gasteiger charge is 2.31. The molecule has 0 aromatic heterocycles. The largest absolute Gasteiger partial charge is 0.484 e. The molecule has 0 aliphatic heterocycles. The Labute approximate surface area is 223 Å². The first-order valence-corrected chi connectivity index (χ1v) is 13.3. The molecule has 0 spiro atoms. The van der Waals surface area contributed by atoms with E-state index in [2.05, 4.69) is 5.32 Å². The fourth-order valence-corrected chi connectivity index (χ4v) is 5.09. The molecule has 1 aliphatic carbocycles. The van der Waals surface area contributed by atoms with Crippen LogP contribution in [0.3, 0.4) is 0 Å². The van der Waals surface area contributed by atoms with Gasteiger partial charge in [0.1, 0.15) is 11.8 Å². The number of nitrogens with one attached hydrogen (secondary N) is 1. The van der Waals surface area contributed by atoms with Crippen molar-refractivity contribution in [2.45, 2.75) is 77.9 Å². The van der Waals surface area contributed by atoms with Crippen molar-refractivity contribution >= 4 is 46.6 Å². The Kier molecular flexibility index (Phi) is 10.1. The van der Waals surface area contributed by atoms with Crippen LogP contribution >= 0.6 is 34.8 Å². The number of aryl methyl sites for hydroxylation is 2. The van der Waals surface area contributed by atoms with E-state index < -0.39 is 6.04 Å². The monoisotopic (exact) mass is 538 g/mol. The average Bonchev–Trinajstić information content (AvgIpc) is 2.82. The summed E-state index contributed by atoms with van der Waals surface area (Å²) in [5.74, 6) is 0.116. The van der Waals surface area contributed by atoms with Gasteiger partial charge in [-0.2, -0.15) is 0 Å². The molecule has 2 amide bonds. The van der Waals surface area contributed by atoms with Crippen LogP contribution in [-0.4, -0.2) is 35.4 Å². The van der Waals surface area contributed by atoms with Gasteiger partial charge in [0.05, 0.1) is 0 Å². The normalized spacial score (nSPS) is 14.9. The van der Waals surface area contributed by atoms with Crippen molar-refractivity contribution in [3.63, 3.8) is 0 Å². The second kappa shape index (κ2) is 12.8. The van der Waals surface area contributed by atoms with Gasteiger partial charge < -0.3 is 15.0 Å². The molecule has 3 rings (SSSR count). The number of hydrogen-bond donors (Lipinski definition) is 1. The molecule has 8 heteroatoms. The summed E-state index contributed by atoms with van der Waals surface area (Å²) in [5, 5.41) is 4.80. The molecular formula is C27H33Cl3N2O3. The Balaban J connectivity index is 1.81. The molecular weight excluding hydrogens is 507 g/mol. The van der Waals surface area contributed by atoms with E-state index in [4.69, 9.17) is 39.5 Å². The van der Waals surface area contributed by atoms with E-state index >= 15 is 0 Å². The summed E-state index contributed by atoms with van der Waals surface area (Å²) in [7, 11) is 0. The molecule has 1 N–H and O–H groups in total. The van der Waals surface area contributed by atoms with Crippen molar-refractivity contribution in [2.75, 3.05) is 6.61 Å². The van der Waals surface area contributed by atoms with Gasteiger partial charge in [-0.1, -0.05) is 67.1 Å². The molecule has 2 aromatic rings. The zero-order valence-corrected chi connectivity index (χ0v) is 22.8. The summed E-state index contributed by atoms with van der Waals surface area (Å²) < 4.78 is 5.84. The molecule has 1 aliphatic rings. The minimum absolute atomic E-state index is 0.143. The van der Waals surface area contributed by atoms with Gasteiger partial charge in [0.2, 0.25) is 5.91 Å². The van der Waals surface area contributed by atoms with Gasteiger partial charge in [-0.15, -0.1) is 0 Å². The van der Waals surface area contributed by atoms with Gasteiger partial charge in [0, 0.05) is 27.7 Å². The number of carbonyl (C=O) groups is 2. The predicted octanol–water partition coefficient (Wildman–Crippen LogP) is 6.90. The van der Waals surface area contributed by atoms with Crippen LogP contribution in [-0.2, 0) is 16.1 Å². The Morgan fingerprint density at radius 3 is 2.31 bits per heavy atom.